The number of H-pyrrole nitrogens is 1. The largest absolute Gasteiger partial charge is 0.504 e. The maximum absolute atomic E-state index is 12.3. The van der Waals surface area contributed by atoms with Crippen molar-refractivity contribution in [2.45, 2.75) is 20.4 Å². The lowest BCUT2D eigenvalue weighted by Crippen LogP contribution is -2.29. The fourth-order valence-corrected chi connectivity index (χ4v) is 2.83. The van der Waals surface area contributed by atoms with Crippen molar-refractivity contribution in [1.29, 1.82) is 0 Å². The second-order valence-electron chi connectivity index (χ2n) is 6.70. The predicted molar refractivity (Wildman–Crippen MR) is 106 cm³/mol. The van der Waals surface area contributed by atoms with Gasteiger partial charge in [-0.05, 0) is 18.1 Å². The van der Waals surface area contributed by atoms with E-state index >= 15 is 0 Å². The molecule has 3 rings (SSSR count). The first-order chi connectivity index (χ1) is 13.3. The van der Waals surface area contributed by atoms with Gasteiger partial charge < -0.3 is 14.4 Å². The number of methoxy groups -OCH3 is 1. The minimum Gasteiger partial charge on any atom is -0.504 e. The van der Waals surface area contributed by atoms with Crippen molar-refractivity contribution in [3.63, 3.8) is 0 Å². The van der Waals surface area contributed by atoms with Crippen LogP contribution in [-0.4, -0.2) is 37.5 Å². The molecule has 2 aromatic heterocycles. The van der Waals surface area contributed by atoms with Crippen molar-refractivity contribution in [2.24, 2.45) is 18.1 Å². The van der Waals surface area contributed by atoms with Crippen LogP contribution in [-0.2, 0) is 13.6 Å². The number of aromatic hydroxyl groups is 1. The number of anilines is 1. The number of aromatic nitrogens is 4. The number of phenolic OH excluding ortho intramolecular Hbond substituents is 1. The molecule has 0 saturated carbocycles. The van der Waals surface area contributed by atoms with Gasteiger partial charge in [0.25, 0.3) is 5.56 Å². The molecule has 28 heavy (non-hydrogen) atoms. The summed E-state index contributed by atoms with van der Waals surface area (Å²) in [6, 6.07) is 5.03. The molecule has 0 unspecified atom stereocenters. The number of hydrogen-bond donors (Lipinski definition) is 3. The van der Waals surface area contributed by atoms with E-state index in [1.165, 1.54) is 24.9 Å². The summed E-state index contributed by atoms with van der Waals surface area (Å²) in [5.41, 5.74) is 2.75. The third-order valence-electron chi connectivity index (χ3n) is 4.17. The van der Waals surface area contributed by atoms with E-state index in [1.807, 2.05) is 13.8 Å². The van der Waals surface area contributed by atoms with E-state index in [4.69, 9.17) is 4.74 Å². The van der Waals surface area contributed by atoms with E-state index in [-0.39, 0.29) is 22.8 Å². The third kappa shape index (κ3) is 3.48. The van der Waals surface area contributed by atoms with Gasteiger partial charge in [-0.15, -0.1) is 0 Å². The van der Waals surface area contributed by atoms with Crippen molar-refractivity contribution in [2.75, 3.05) is 12.5 Å². The van der Waals surface area contributed by atoms with E-state index in [1.54, 1.807) is 22.8 Å². The zero-order chi connectivity index (χ0) is 20.4. The number of imidazole rings is 1. The van der Waals surface area contributed by atoms with Crippen LogP contribution in [0.4, 0.5) is 5.95 Å². The molecule has 148 valence electrons. The van der Waals surface area contributed by atoms with Gasteiger partial charge in [-0.3, -0.25) is 14.3 Å². The number of rotatable bonds is 6. The number of ether oxygens (including phenoxy) is 1. The Labute approximate surface area is 160 Å². The molecule has 3 aromatic rings. The van der Waals surface area contributed by atoms with E-state index in [0.29, 0.717) is 23.8 Å². The molecule has 0 amide bonds. The van der Waals surface area contributed by atoms with Gasteiger partial charge in [-0.25, -0.2) is 10.2 Å². The van der Waals surface area contributed by atoms with Crippen LogP contribution in [0.25, 0.3) is 11.2 Å². The van der Waals surface area contributed by atoms with Gasteiger partial charge in [0.15, 0.2) is 22.7 Å². The molecule has 0 aliphatic rings. The highest BCUT2D eigenvalue weighted by atomic mass is 16.5. The number of fused-ring (bicyclic) bond motifs is 1. The number of nitrogens with one attached hydrogen (secondary N) is 2. The first-order valence-electron chi connectivity index (χ1n) is 8.68. The van der Waals surface area contributed by atoms with Crippen molar-refractivity contribution in [3.8, 4) is 11.5 Å². The molecule has 0 saturated heterocycles. The Balaban J connectivity index is 2.03. The molecule has 10 heteroatoms. The monoisotopic (exact) mass is 386 g/mol. The third-order valence-corrected chi connectivity index (χ3v) is 4.17. The molecule has 0 spiro atoms. The van der Waals surface area contributed by atoms with Gasteiger partial charge in [-0.1, -0.05) is 19.9 Å². The lowest BCUT2D eigenvalue weighted by Gasteiger charge is -2.10. The number of nitrogens with zero attached hydrogens (tertiary/aromatic N) is 4. The van der Waals surface area contributed by atoms with E-state index in [0.717, 1.165) is 0 Å². The minimum atomic E-state index is -0.539. The lowest BCUT2D eigenvalue weighted by molar-refractivity contribution is 0.373. The summed E-state index contributed by atoms with van der Waals surface area (Å²) >= 11 is 0. The van der Waals surface area contributed by atoms with Crippen LogP contribution in [0.15, 0.2) is 32.9 Å². The van der Waals surface area contributed by atoms with E-state index in [2.05, 4.69) is 20.5 Å². The Kier molecular flexibility index (Phi) is 5.21. The van der Waals surface area contributed by atoms with Gasteiger partial charge in [0, 0.05) is 19.2 Å². The average molecular weight is 386 g/mol. The predicted octanol–water partition coefficient (Wildman–Crippen LogP) is 1.24. The SMILES string of the molecule is COc1cccc(/C=N/Nc2nc3c(c(=O)[nH]c(=O)n3C)n2CC(C)C)c1O. The second kappa shape index (κ2) is 7.59. The first kappa shape index (κ1) is 19.2. The zero-order valence-electron chi connectivity index (χ0n) is 16.1. The quantitative estimate of drug-likeness (QED) is 0.432. The molecule has 2 heterocycles. The molecule has 0 bridgehead atoms. The molecule has 0 aliphatic carbocycles. The molecular weight excluding hydrogens is 364 g/mol. The van der Waals surface area contributed by atoms with Gasteiger partial charge in [0.1, 0.15) is 0 Å². The molecule has 0 aliphatic heterocycles. The maximum Gasteiger partial charge on any atom is 0.329 e. The van der Waals surface area contributed by atoms with Crippen LogP contribution in [0.5, 0.6) is 11.5 Å². The van der Waals surface area contributed by atoms with Gasteiger partial charge in [0.2, 0.25) is 5.95 Å². The van der Waals surface area contributed by atoms with Crippen LogP contribution >= 0.6 is 0 Å². The van der Waals surface area contributed by atoms with Crippen LogP contribution in [0.1, 0.15) is 19.4 Å². The number of para-hydroxylation sites is 1. The van der Waals surface area contributed by atoms with E-state index < -0.39 is 11.2 Å². The van der Waals surface area contributed by atoms with Crippen LogP contribution in [0, 0.1) is 5.92 Å². The number of hydrogen-bond acceptors (Lipinski definition) is 7. The fraction of sp³-hybridized carbons (Fsp3) is 0.333. The number of aromatic amines is 1. The summed E-state index contributed by atoms with van der Waals surface area (Å²) in [7, 11) is 3.00. The smallest absolute Gasteiger partial charge is 0.329 e. The average Bonchev–Trinajstić information content (AvgIpc) is 2.99. The first-order valence-corrected chi connectivity index (χ1v) is 8.68. The summed E-state index contributed by atoms with van der Waals surface area (Å²) in [6.45, 7) is 4.51. The molecule has 0 atom stereocenters. The molecule has 0 radical (unpaired) electrons. The van der Waals surface area contributed by atoms with Gasteiger partial charge >= 0.3 is 5.69 Å². The Morgan fingerprint density at radius 2 is 2.14 bits per heavy atom. The zero-order valence-corrected chi connectivity index (χ0v) is 16.1. The Morgan fingerprint density at radius 3 is 2.82 bits per heavy atom. The summed E-state index contributed by atoms with van der Waals surface area (Å²) < 4.78 is 8.03. The van der Waals surface area contributed by atoms with E-state index in [9.17, 15) is 14.7 Å². The Morgan fingerprint density at radius 1 is 1.39 bits per heavy atom. The van der Waals surface area contributed by atoms with Gasteiger partial charge in [-0.2, -0.15) is 10.1 Å². The summed E-state index contributed by atoms with van der Waals surface area (Å²) in [6.07, 6.45) is 1.42. The highest BCUT2D eigenvalue weighted by molar-refractivity contribution is 5.85. The maximum atomic E-state index is 12.3. The van der Waals surface area contributed by atoms with Crippen molar-refractivity contribution >= 4 is 23.3 Å². The minimum absolute atomic E-state index is 0.0370. The number of hydrazone groups is 1. The highest BCUT2D eigenvalue weighted by Crippen LogP contribution is 2.28. The van der Waals surface area contributed by atoms with Crippen molar-refractivity contribution < 1.29 is 9.84 Å². The summed E-state index contributed by atoms with van der Waals surface area (Å²) in [5.74, 6) is 0.831. The van der Waals surface area contributed by atoms with Gasteiger partial charge in [0.05, 0.1) is 13.3 Å². The van der Waals surface area contributed by atoms with Crippen LogP contribution in [0.3, 0.4) is 0 Å². The topological polar surface area (TPSA) is 127 Å². The van der Waals surface area contributed by atoms with Crippen molar-refractivity contribution in [3.05, 3.63) is 44.6 Å². The Bertz CT molecular complexity index is 1160. The molecular formula is C18H22N6O4. The van der Waals surface area contributed by atoms with Crippen LogP contribution < -0.4 is 21.4 Å². The second-order valence-corrected chi connectivity index (χ2v) is 6.70. The summed E-state index contributed by atoms with van der Waals surface area (Å²) in [4.78, 5) is 30.9. The number of aryl methyl sites for hydroxylation is 1. The number of benzene rings is 1. The fourth-order valence-electron chi connectivity index (χ4n) is 2.83. The normalized spacial score (nSPS) is 11.6. The molecule has 1 aromatic carbocycles. The molecule has 10 nitrogen and oxygen atoms in total. The standard InChI is InChI=1S/C18H22N6O4/c1-10(2)9-24-13-15(23(3)18(27)21-16(13)26)20-17(24)22-19-8-11-6-5-7-12(28-4)14(11)25/h5-8,10,25H,9H2,1-4H3,(H,20,22)(H,21,26,27)/b19-8+. The highest BCUT2D eigenvalue weighted by Gasteiger charge is 2.17. The van der Waals surface area contributed by atoms with Crippen molar-refractivity contribution in [1.82, 2.24) is 19.1 Å². The lowest BCUT2D eigenvalue weighted by atomic mass is 10.2. The summed E-state index contributed by atoms with van der Waals surface area (Å²) in [5, 5.41) is 14.2. The molecule has 0 fully saturated rings. The number of phenols is 1. The van der Waals surface area contributed by atoms with Crippen LogP contribution in [0.2, 0.25) is 0 Å². The molecule has 3 N–H and O–H groups in total. The Hall–Kier alpha value is -3.56.